The largest absolute Gasteiger partial charge is 0.314 e. The van der Waals surface area contributed by atoms with Gasteiger partial charge < -0.3 is 0 Å². The quantitative estimate of drug-likeness (QED) is 0.465. The number of hydrogen-bond donors (Lipinski definition) is 0. The van der Waals surface area contributed by atoms with E-state index in [1.165, 1.54) is 35.7 Å². The lowest BCUT2D eigenvalue weighted by Crippen LogP contribution is -2.23. The average Bonchev–Trinajstić information content (AvgIpc) is 2.82. The smallest absolute Gasteiger partial charge is 0.286 e. The molecule has 2 rings (SSSR count). The highest BCUT2D eigenvalue weighted by atomic mass is 79.9. The van der Waals surface area contributed by atoms with Crippen LogP contribution in [-0.2, 0) is 4.79 Å². The standard InChI is InChI=1S/C9H6BrN5O3/c10-7-1-6(3-13-14-4-11-12-5-14)9(16)8(2-7)15(17)18/h1-6H/b13-3+. The van der Waals surface area contributed by atoms with Gasteiger partial charge in [0, 0.05) is 16.8 Å². The predicted octanol–water partition coefficient (Wildman–Crippen LogP) is 0.750. The number of halogens is 1. The zero-order valence-electron chi connectivity index (χ0n) is 8.80. The minimum atomic E-state index is -0.785. The van der Waals surface area contributed by atoms with E-state index in [-0.39, 0.29) is 0 Å². The molecule has 9 heteroatoms. The molecule has 0 aliphatic heterocycles. The first-order valence-electron chi connectivity index (χ1n) is 4.74. The second-order valence-corrected chi connectivity index (χ2v) is 4.25. The van der Waals surface area contributed by atoms with Crippen molar-refractivity contribution in [2.24, 2.45) is 11.0 Å². The van der Waals surface area contributed by atoms with Crippen LogP contribution in [0.5, 0.6) is 0 Å². The Balaban J connectivity index is 2.23. The van der Waals surface area contributed by atoms with Gasteiger partial charge in [-0.3, -0.25) is 14.9 Å². The Morgan fingerprint density at radius 1 is 1.50 bits per heavy atom. The Bertz CT molecular complexity index is 575. The molecule has 1 aliphatic rings. The van der Waals surface area contributed by atoms with E-state index in [1.807, 2.05) is 0 Å². The molecule has 1 aliphatic carbocycles. The van der Waals surface area contributed by atoms with Crippen molar-refractivity contribution in [3.05, 3.63) is 45.1 Å². The summed E-state index contributed by atoms with van der Waals surface area (Å²) in [5.74, 6) is -1.40. The van der Waals surface area contributed by atoms with Gasteiger partial charge >= 0.3 is 5.70 Å². The van der Waals surface area contributed by atoms with Crippen molar-refractivity contribution in [1.29, 1.82) is 0 Å². The number of rotatable bonds is 3. The van der Waals surface area contributed by atoms with Gasteiger partial charge in [-0.1, -0.05) is 22.0 Å². The zero-order chi connectivity index (χ0) is 13.1. The molecule has 0 N–H and O–H groups in total. The number of carbonyl (C=O) groups excluding carboxylic acids is 1. The molecule has 0 saturated heterocycles. The molecule has 1 aromatic heterocycles. The molecule has 0 amide bonds. The number of allylic oxidation sites excluding steroid dienone is 4. The number of nitro groups is 1. The fourth-order valence-corrected chi connectivity index (χ4v) is 1.83. The van der Waals surface area contributed by atoms with Crippen molar-refractivity contribution in [3.8, 4) is 0 Å². The van der Waals surface area contributed by atoms with E-state index in [4.69, 9.17) is 0 Å². The zero-order valence-corrected chi connectivity index (χ0v) is 10.4. The van der Waals surface area contributed by atoms with E-state index in [1.54, 1.807) is 0 Å². The molecule has 1 aromatic rings. The predicted molar refractivity (Wildman–Crippen MR) is 64.5 cm³/mol. The summed E-state index contributed by atoms with van der Waals surface area (Å²) >= 11 is 3.12. The van der Waals surface area contributed by atoms with Gasteiger partial charge in [-0.25, -0.2) is 4.68 Å². The lowest BCUT2D eigenvalue weighted by atomic mass is 9.98. The summed E-state index contributed by atoms with van der Waals surface area (Å²) < 4.78 is 1.76. The van der Waals surface area contributed by atoms with E-state index in [0.717, 1.165) is 0 Å². The van der Waals surface area contributed by atoms with Gasteiger partial charge in [0.05, 0.1) is 10.8 Å². The van der Waals surface area contributed by atoms with Crippen LogP contribution in [-0.4, -0.2) is 31.8 Å². The van der Waals surface area contributed by atoms with E-state index >= 15 is 0 Å². The van der Waals surface area contributed by atoms with Crippen molar-refractivity contribution in [2.45, 2.75) is 0 Å². The van der Waals surface area contributed by atoms with Gasteiger partial charge in [0.15, 0.2) is 0 Å². The monoisotopic (exact) mass is 311 g/mol. The number of Topliss-reactive ketones (excluding diaryl/α,β-unsaturated/α-hetero) is 1. The summed E-state index contributed by atoms with van der Waals surface area (Å²) in [5.41, 5.74) is -0.468. The molecular formula is C9H6BrN5O3. The third kappa shape index (κ3) is 2.56. The second-order valence-electron chi connectivity index (χ2n) is 3.33. The molecule has 0 spiro atoms. The summed E-state index contributed by atoms with van der Waals surface area (Å²) in [7, 11) is 0. The van der Waals surface area contributed by atoms with Crippen LogP contribution in [0.3, 0.4) is 0 Å². The van der Waals surface area contributed by atoms with Crippen molar-refractivity contribution in [2.75, 3.05) is 0 Å². The van der Waals surface area contributed by atoms with Crippen LogP contribution in [0.25, 0.3) is 0 Å². The highest BCUT2D eigenvalue weighted by molar-refractivity contribution is 9.11. The summed E-state index contributed by atoms with van der Waals surface area (Å²) in [6.07, 6.45) is 6.68. The number of aromatic nitrogens is 3. The summed E-state index contributed by atoms with van der Waals surface area (Å²) in [6.45, 7) is 0. The van der Waals surface area contributed by atoms with Crippen molar-refractivity contribution < 1.29 is 9.72 Å². The van der Waals surface area contributed by atoms with Crippen molar-refractivity contribution >= 4 is 27.9 Å². The Labute approximate surface area is 109 Å². The van der Waals surface area contributed by atoms with Gasteiger partial charge in [-0.2, -0.15) is 5.10 Å². The molecule has 0 fully saturated rings. The van der Waals surface area contributed by atoms with Gasteiger partial charge in [0.2, 0.25) is 5.78 Å². The maximum Gasteiger partial charge on any atom is 0.314 e. The molecule has 0 aromatic carbocycles. The van der Waals surface area contributed by atoms with Crippen LogP contribution in [0, 0.1) is 16.0 Å². The number of carbonyl (C=O) groups is 1. The fraction of sp³-hybridized carbons (Fsp3) is 0.111. The molecule has 1 unspecified atom stereocenters. The molecule has 0 saturated carbocycles. The topological polar surface area (TPSA) is 103 Å². The molecule has 18 heavy (non-hydrogen) atoms. The molecule has 1 heterocycles. The summed E-state index contributed by atoms with van der Waals surface area (Å²) in [4.78, 5) is 21.7. The van der Waals surface area contributed by atoms with E-state index in [9.17, 15) is 14.9 Å². The molecule has 1 atom stereocenters. The minimum Gasteiger partial charge on any atom is -0.286 e. The van der Waals surface area contributed by atoms with E-state index < -0.39 is 22.3 Å². The SMILES string of the molecule is O=C1C([N+](=O)[O-])=CC(Br)=CC1/C=N/n1cnnc1. The van der Waals surface area contributed by atoms with Crippen LogP contribution >= 0.6 is 15.9 Å². The maximum absolute atomic E-state index is 11.8. The number of hydrogen-bond acceptors (Lipinski definition) is 6. The third-order valence-corrected chi connectivity index (χ3v) is 2.63. The first-order valence-corrected chi connectivity index (χ1v) is 5.54. The lowest BCUT2D eigenvalue weighted by molar-refractivity contribution is -0.419. The van der Waals surface area contributed by atoms with Gasteiger partial charge in [0.1, 0.15) is 12.7 Å². The minimum absolute atomic E-state index is 0.467. The number of nitrogens with zero attached hydrogens (tertiary/aromatic N) is 5. The van der Waals surface area contributed by atoms with E-state index in [0.29, 0.717) is 4.48 Å². The van der Waals surface area contributed by atoms with Gasteiger partial charge in [-0.15, -0.1) is 10.2 Å². The summed E-state index contributed by atoms with van der Waals surface area (Å²) in [6, 6.07) is 0. The third-order valence-electron chi connectivity index (χ3n) is 2.13. The Hall–Kier alpha value is -2.16. The van der Waals surface area contributed by atoms with E-state index in [2.05, 4.69) is 31.2 Å². The highest BCUT2D eigenvalue weighted by Gasteiger charge is 2.31. The summed E-state index contributed by atoms with van der Waals surface area (Å²) in [5, 5.41) is 21.7. The first-order chi connectivity index (χ1) is 8.58. The van der Waals surface area contributed by atoms with Crippen LogP contribution in [0.4, 0.5) is 0 Å². The van der Waals surface area contributed by atoms with Crippen molar-refractivity contribution in [3.63, 3.8) is 0 Å². The van der Waals surface area contributed by atoms with Crippen LogP contribution in [0.2, 0.25) is 0 Å². The molecule has 92 valence electrons. The molecule has 0 bridgehead atoms. The second kappa shape index (κ2) is 5.00. The van der Waals surface area contributed by atoms with Crippen LogP contribution < -0.4 is 0 Å². The Kier molecular flexibility index (Phi) is 3.42. The Morgan fingerprint density at radius 2 is 2.17 bits per heavy atom. The van der Waals surface area contributed by atoms with Crippen molar-refractivity contribution in [1.82, 2.24) is 14.9 Å². The normalized spacial score (nSPS) is 19.8. The lowest BCUT2D eigenvalue weighted by Gasteiger charge is -2.09. The molecular weight excluding hydrogens is 306 g/mol. The maximum atomic E-state index is 11.8. The Morgan fingerprint density at radius 3 is 2.78 bits per heavy atom. The average molecular weight is 312 g/mol. The van der Waals surface area contributed by atoms with Gasteiger partial charge in [0.25, 0.3) is 0 Å². The molecule has 8 nitrogen and oxygen atoms in total. The van der Waals surface area contributed by atoms with Crippen LogP contribution in [0.1, 0.15) is 0 Å². The van der Waals surface area contributed by atoms with Gasteiger partial charge in [-0.05, 0) is 0 Å². The van der Waals surface area contributed by atoms with Crippen LogP contribution in [0.15, 0.2) is 40.1 Å². The highest BCUT2D eigenvalue weighted by Crippen LogP contribution is 2.22. The molecule has 0 radical (unpaired) electrons. The fourth-order valence-electron chi connectivity index (χ4n) is 1.32. The number of ketones is 1. The first kappa shape index (κ1) is 12.3.